The summed E-state index contributed by atoms with van der Waals surface area (Å²) in [6.07, 6.45) is 9.61. The molecule has 1 unspecified atom stereocenters. The summed E-state index contributed by atoms with van der Waals surface area (Å²) in [4.78, 5) is 2.62. The van der Waals surface area contributed by atoms with Gasteiger partial charge in [-0.15, -0.1) is 0 Å². The topological polar surface area (TPSA) is 12.5 Å². The highest BCUT2D eigenvalue weighted by atomic mass is 16.5. The van der Waals surface area contributed by atoms with Gasteiger partial charge in [-0.2, -0.15) is 0 Å². The Hall–Kier alpha value is -0.0800. The van der Waals surface area contributed by atoms with Crippen molar-refractivity contribution in [3.8, 4) is 0 Å². The van der Waals surface area contributed by atoms with E-state index in [0.29, 0.717) is 0 Å². The fraction of sp³-hybridized carbons (Fsp3) is 1.00. The minimum absolute atomic E-state index is 0.203. The van der Waals surface area contributed by atoms with Crippen molar-refractivity contribution in [2.75, 3.05) is 19.7 Å². The SMILES string of the molecule is C1CCC(C2CCC2)(N2CCC2)OC1. The molecule has 3 rings (SSSR count). The zero-order valence-electron chi connectivity index (χ0n) is 9.00. The lowest BCUT2D eigenvalue weighted by Gasteiger charge is -2.56. The lowest BCUT2D eigenvalue weighted by atomic mass is 9.73. The van der Waals surface area contributed by atoms with Gasteiger partial charge < -0.3 is 4.74 Å². The Morgan fingerprint density at radius 3 is 2.29 bits per heavy atom. The first-order valence-corrected chi connectivity index (χ1v) is 6.31. The Balaban J connectivity index is 1.76. The first-order valence-electron chi connectivity index (χ1n) is 6.31. The number of hydrogen-bond donors (Lipinski definition) is 0. The summed E-state index contributed by atoms with van der Waals surface area (Å²) in [7, 11) is 0. The second kappa shape index (κ2) is 3.49. The molecule has 0 amide bonds. The first-order chi connectivity index (χ1) is 6.92. The molecule has 0 radical (unpaired) electrons. The third-order valence-corrected chi connectivity index (χ3v) is 4.42. The van der Waals surface area contributed by atoms with Crippen LogP contribution in [-0.4, -0.2) is 30.3 Å². The molecule has 0 aromatic carbocycles. The van der Waals surface area contributed by atoms with Crippen LogP contribution in [0, 0.1) is 5.92 Å². The van der Waals surface area contributed by atoms with Gasteiger partial charge in [0.15, 0.2) is 0 Å². The highest BCUT2D eigenvalue weighted by Crippen LogP contribution is 2.46. The van der Waals surface area contributed by atoms with Gasteiger partial charge in [-0.1, -0.05) is 6.42 Å². The van der Waals surface area contributed by atoms with E-state index < -0.39 is 0 Å². The second-order valence-electron chi connectivity index (χ2n) is 5.12. The number of likely N-dealkylation sites (tertiary alicyclic amines) is 1. The van der Waals surface area contributed by atoms with Gasteiger partial charge in [0.25, 0.3) is 0 Å². The quantitative estimate of drug-likeness (QED) is 0.671. The number of ether oxygens (including phenoxy) is 1. The minimum Gasteiger partial charge on any atom is -0.360 e. The Morgan fingerprint density at radius 1 is 1.00 bits per heavy atom. The van der Waals surface area contributed by atoms with E-state index in [2.05, 4.69) is 4.90 Å². The molecule has 14 heavy (non-hydrogen) atoms. The van der Waals surface area contributed by atoms with Crippen LogP contribution in [0.2, 0.25) is 0 Å². The average Bonchev–Trinajstić information content (AvgIpc) is 1.98. The molecule has 2 heteroatoms. The lowest BCUT2D eigenvalue weighted by Crippen LogP contribution is -2.63. The molecule has 1 atom stereocenters. The van der Waals surface area contributed by atoms with Crippen molar-refractivity contribution in [3.05, 3.63) is 0 Å². The Bertz CT molecular complexity index is 186. The molecule has 0 N–H and O–H groups in total. The number of rotatable bonds is 2. The molecular weight excluding hydrogens is 174 g/mol. The summed E-state index contributed by atoms with van der Waals surface area (Å²) in [6.45, 7) is 3.58. The fourth-order valence-corrected chi connectivity index (χ4v) is 3.19. The van der Waals surface area contributed by atoms with E-state index in [4.69, 9.17) is 4.74 Å². The van der Waals surface area contributed by atoms with Gasteiger partial charge in [-0.3, -0.25) is 4.90 Å². The second-order valence-corrected chi connectivity index (χ2v) is 5.12. The van der Waals surface area contributed by atoms with Gasteiger partial charge >= 0.3 is 0 Å². The monoisotopic (exact) mass is 195 g/mol. The summed E-state index contributed by atoms with van der Waals surface area (Å²) < 4.78 is 6.20. The molecular formula is C12H21NO. The maximum absolute atomic E-state index is 6.20. The number of nitrogens with zero attached hydrogens (tertiary/aromatic N) is 1. The molecule has 2 saturated heterocycles. The van der Waals surface area contributed by atoms with E-state index in [0.717, 1.165) is 12.5 Å². The molecule has 2 aliphatic heterocycles. The van der Waals surface area contributed by atoms with Crippen LogP contribution < -0.4 is 0 Å². The third kappa shape index (κ3) is 1.24. The standard InChI is InChI=1S/C12H21NO/c1-2-10-14-12(7-1,11-5-3-6-11)13-8-4-9-13/h11H,1-10H2. The fourth-order valence-electron chi connectivity index (χ4n) is 3.19. The van der Waals surface area contributed by atoms with Gasteiger partial charge in [0.1, 0.15) is 5.72 Å². The predicted molar refractivity (Wildman–Crippen MR) is 56.1 cm³/mol. The maximum Gasteiger partial charge on any atom is 0.124 e. The van der Waals surface area contributed by atoms with Crippen molar-refractivity contribution >= 4 is 0 Å². The van der Waals surface area contributed by atoms with Gasteiger partial charge in [0.2, 0.25) is 0 Å². The maximum atomic E-state index is 6.20. The molecule has 0 spiro atoms. The van der Waals surface area contributed by atoms with Crippen molar-refractivity contribution in [2.24, 2.45) is 5.92 Å². The molecule has 0 aromatic rings. The van der Waals surface area contributed by atoms with E-state index >= 15 is 0 Å². The minimum atomic E-state index is 0.203. The summed E-state index contributed by atoms with van der Waals surface area (Å²) in [5.74, 6) is 0.864. The first kappa shape index (κ1) is 9.17. The van der Waals surface area contributed by atoms with Crippen molar-refractivity contribution in [1.82, 2.24) is 4.90 Å². The van der Waals surface area contributed by atoms with Crippen molar-refractivity contribution in [3.63, 3.8) is 0 Å². The third-order valence-electron chi connectivity index (χ3n) is 4.42. The molecule has 0 bridgehead atoms. The van der Waals surface area contributed by atoms with E-state index in [1.54, 1.807) is 0 Å². The van der Waals surface area contributed by atoms with Gasteiger partial charge in [0.05, 0.1) is 0 Å². The molecule has 80 valence electrons. The normalized spacial score (nSPS) is 40.3. The summed E-state index contributed by atoms with van der Waals surface area (Å²) in [5.41, 5.74) is 0.203. The molecule has 3 aliphatic rings. The predicted octanol–water partition coefficient (Wildman–Crippen LogP) is 2.39. The summed E-state index contributed by atoms with van der Waals surface area (Å²) in [5, 5.41) is 0. The van der Waals surface area contributed by atoms with E-state index in [9.17, 15) is 0 Å². The summed E-state index contributed by atoms with van der Waals surface area (Å²) in [6, 6.07) is 0. The Kier molecular flexibility index (Phi) is 2.29. The van der Waals surface area contributed by atoms with Gasteiger partial charge in [-0.25, -0.2) is 0 Å². The molecule has 2 heterocycles. The van der Waals surface area contributed by atoms with Crippen molar-refractivity contribution < 1.29 is 4.74 Å². The van der Waals surface area contributed by atoms with Gasteiger partial charge in [-0.05, 0) is 38.5 Å². The van der Waals surface area contributed by atoms with E-state index in [1.807, 2.05) is 0 Å². The van der Waals surface area contributed by atoms with E-state index in [1.165, 1.54) is 58.0 Å². The van der Waals surface area contributed by atoms with Crippen LogP contribution in [0.15, 0.2) is 0 Å². The zero-order valence-corrected chi connectivity index (χ0v) is 9.00. The van der Waals surface area contributed by atoms with Crippen molar-refractivity contribution in [2.45, 2.75) is 50.7 Å². The highest BCUT2D eigenvalue weighted by molar-refractivity contribution is 4.96. The largest absolute Gasteiger partial charge is 0.360 e. The molecule has 3 fully saturated rings. The number of hydrogen-bond acceptors (Lipinski definition) is 2. The average molecular weight is 195 g/mol. The van der Waals surface area contributed by atoms with E-state index in [-0.39, 0.29) is 5.72 Å². The zero-order chi connectivity index (χ0) is 9.43. The lowest BCUT2D eigenvalue weighted by molar-refractivity contribution is -0.243. The molecule has 0 aromatic heterocycles. The van der Waals surface area contributed by atoms with Crippen LogP contribution in [0.25, 0.3) is 0 Å². The van der Waals surface area contributed by atoms with Crippen LogP contribution >= 0.6 is 0 Å². The van der Waals surface area contributed by atoms with Crippen LogP contribution in [0.5, 0.6) is 0 Å². The Labute approximate surface area is 86.6 Å². The van der Waals surface area contributed by atoms with Crippen LogP contribution in [0.1, 0.15) is 44.9 Å². The molecule has 1 saturated carbocycles. The molecule has 1 aliphatic carbocycles. The Morgan fingerprint density at radius 2 is 1.86 bits per heavy atom. The highest BCUT2D eigenvalue weighted by Gasteiger charge is 2.49. The van der Waals surface area contributed by atoms with Crippen LogP contribution in [0.3, 0.4) is 0 Å². The molecule has 2 nitrogen and oxygen atoms in total. The van der Waals surface area contributed by atoms with Crippen LogP contribution in [-0.2, 0) is 4.74 Å². The smallest absolute Gasteiger partial charge is 0.124 e. The summed E-state index contributed by atoms with van der Waals surface area (Å²) >= 11 is 0. The van der Waals surface area contributed by atoms with Crippen LogP contribution in [0.4, 0.5) is 0 Å². The van der Waals surface area contributed by atoms with Crippen molar-refractivity contribution in [1.29, 1.82) is 0 Å². The van der Waals surface area contributed by atoms with Gasteiger partial charge in [0, 0.05) is 25.6 Å².